The molecular weight excluding hydrogens is 202 g/mol. The van der Waals surface area contributed by atoms with Crippen LogP contribution in [0.25, 0.3) is 0 Å². The molecule has 0 aliphatic heterocycles. The summed E-state index contributed by atoms with van der Waals surface area (Å²) in [7, 11) is 0. The van der Waals surface area contributed by atoms with Gasteiger partial charge in [-0.05, 0) is 37.8 Å². The summed E-state index contributed by atoms with van der Waals surface area (Å²) in [5.74, 6) is -0.236. The van der Waals surface area contributed by atoms with Crippen molar-refractivity contribution in [1.29, 1.82) is 0 Å². The summed E-state index contributed by atoms with van der Waals surface area (Å²) in [6.45, 7) is 0. The second-order valence-electron chi connectivity index (χ2n) is 4.32. The van der Waals surface area contributed by atoms with Gasteiger partial charge in [-0.2, -0.15) is 0 Å². The van der Waals surface area contributed by atoms with E-state index in [9.17, 15) is 4.79 Å². The average molecular weight is 219 g/mol. The van der Waals surface area contributed by atoms with Gasteiger partial charge in [0, 0.05) is 6.04 Å². The Morgan fingerprint density at radius 1 is 1.25 bits per heavy atom. The van der Waals surface area contributed by atoms with Crippen LogP contribution in [0, 0.1) is 0 Å². The maximum Gasteiger partial charge on any atom is 0.338 e. The van der Waals surface area contributed by atoms with Crippen LogP contribution in [-0.4, -0.2) is 18.1 Å². The molecule has 2 N–H and O–H groups in total. The summed E-state index contributed by atoms with van der Waals surface area (Å²) in [5, 5.41) is 0. The monoisotopic (exact) mass is 219 g/mol. The van der Waals surface area contributed by atoms with Crippen molar-refractivity contribution in [2.24, 2.45) is 5.73 Å². The summed E-state index contributed by atoms with van der Waals surface area (Å²) in [5.41, 5.74) is 6.46. The number of carbonyl (C=O) groups is 1. The minimum Gasteiger partial charge on any atom is -0.459 e. The van der Waals surface area contributed by atoms with Crippen LogP contribution >= 0.6 is 0 Å². The SMILES string of the molecule is NC1CCCC(OC(=O)c2ccccc2)C1. The van der Waals surface area contributed by atoms with E-state index in [1.165, 1.54) is 0 Å². The topological polar surface area (TPSA) is 52.3 Å². The van der Waals surface area contributed by atoms with Crippen molar-refractivity contribution in [1.82, 2.24) is 0 Å². The second-order valence-corrected chi connectivity index (χ2v) is 4.32. The molecule has 0 heterocycles. The van der Waals surface area contributed by atoms with Crippen LogP contribution in [-0.2, 0) is 4.74 Å². The van der Waals surface area contributed by atoms with Crippen LogP contribution in [0.4, 0.5) is 0 Å². The van der Waals surface area contributed by atoms with Gasteiger partial charge in [-0.25, -0.2) is 4.79 Å². The molecule has 3 heteroatoms. The molecule has 2 unspecified atom stereocenters. The number of rotatable bonds is 2. The number of hydrogen-bond acceptors (Lipinski definition) is 3. The van der Waals surface area contributed by atoms with Gasteiger partial charge >= 0.3 is 5.97 Å². The molecule has 2 rings (SSSR count). The number of nitrogens with two attached hydrogens (primary N) is 1. The molecule has 1 aliphatic carbocycles. The van der Waals surface area contributed by atoms with Gasteiger partial charge in [0.1, 0.15) is 6.10 Å². The molecule has 0 bridgehead atoms. The molecule has 1 aromatic rings. The van der Waals surface area contributed by atoms with Crippen molar-refractivity contribution in [3.8, 4) is 0 Å². The third kappa shape index (κ3) is 2.83. The zero-order chi connectivity index (χ0) is 11.4. The van der Waals surface area contributed by atoms with E-state index in [0.717, 1.165) is 25.7 Å². The lowest BCUT2D eigenvalue weighted by molar-refractivity contribution is 0.0191. The fraction of sp³-hybridized carbons (Fsp3) is 0.462. The van der Waals surface area contributed by atoms with Crippen molar-refractivity contribution in [3.05, 3.63) is 35.9 Å². The first-order valence-electron chi connectivity index (χ1n) is 5.77. The van der Waals surface area contributed by atoms with Crippen LogP contribution in [0.5, 0.6) is 0 Å². The summed E-state index contributed by atoms with van der Waals surface area (Å²) in [6, 6.07) is 9.28. The Labute approximate surface area is 95.6 Å². The molecule has 1 aromatic carbocycles. The number of hydrogen-bond donors (Lipinski definition) is 1. The molecule has 1 aliphatic rings. The Balaban J connectivity index is 1.92. The molecule has 16 heavy (non-hydrogen) atoms. The zero-order valence-electron chi connectivity index (χ0n) is 9.26. The van der Waals surface area contributed by atoms with Crippen LogP contribution < -0.4 is 5.73 Å². The molecule has 1 fully saturated rings. The molecule has 0 saturated heterocycles. The fourth-order valence-corrected chi connectivity index (χ4v) is 2.08. The number of esters is 1. The quantitative estimate of drug-likeness (QED) is 0.775. The van der Waals surface area contributed by atoms with E-state index in [4.69, 9.17) is 10.5 Å². The summed E-state index contributed by atoms with van der Waals surface area (Å²) in [4.78, 5) is 11.8. The summed E-state index contributed by atoms with van der Waals surface area (Å²) in [6.07, 6.45) is 3.81. The van der Waals surface area contributed by atoms with Crippen molar-refractivity contribution in [2.45, 2.75) is 37.8 Å². The highest BCUT2D eigenvalue weighted by Crippen LogP contribution is 2.20. The predicted octanol–water partition coefficient (Wildman–Crippen LogP) is 2.11. The molecule has 0 radical (unpaired) electrons. The fourth-order valence-electron chi connectivity index (χ4n) is 2.08. The molecule has 86 valence electrons. The minimum atomic E-state index is -0.236. The Kier molecular flexibility index (Phi) is 3.57. The first-order valence-corrected chi connectivity index (χ1v) is 5.77. The van der Waals surface area contributed by atoms with E-state index in [1.54, 1.807) is 12.1 Å². The van der Waals surface area contributed by atoms with Gasteiger partial charge < -0.3 is 10.5 Å². The van der Waals surface area contributed by atoms with Crippen molar-refractivity contribution in [3.63, 3.8) is 0 Å². The zero-order valence-corrected chi connectivity index (χ0v) is 9.26. The van der Waals surface area contributed by atoms with Gasteiger partial charge in [-0.3, -0.25) is 0 Å². The second kappa shape index (κ2) is 5.12. The lowest BCUT2D eigenvalue weighted by Crippen LogP contribution is -2.33. The van der Waals surface area contributed by atoms with E-state index in [0.29, 0.717) is 5.56 Å². The Morgan fingerprint density at radius 3 is 2.69 bits per heavy atom. The predicted molar refractivity (Wildman–Crippen MR) is 62.1 cm³/mol. The summed E-state index contributed by atoms with van der Waals surface area (Å²) >= 11 is 0. The highest BCUT2D eigenvalue weighted by atomic mass is 16.5. The molecule has 0 amide bonds. The molecular formula is C13H17NO2. The van der Waals surface area contributed by atoms with Gasteiger partial charge in [0.05, 0.1) is 5.56 Å². The van der Waals surface area contributed by atoms with Crippen molar-refractivity contribution >= 4 is 5.97 Å². The Morgan fingerprint density at radius 2 is 2.00 bits per heavy atom. The van der Waals surface area contributed by atoms with Crippen LogP contribution in [0.1, 0.15) is 36.0 Å². The van der Waals surface area contributed by atoms with E-state index in [2.05, 4.69) is 0 Å². The lowest BCUT2D eigenvalue weighted by Gasteiger charge is -2.26. The van der Waals surface area contributed by atoms with Gasteiger partial charge in [0.25, 0.3) is 0 Å². The standard InChI is InChI=1S/C13H17NO2/c14-11-7-4-8-12(9-11)16-13(15)10-5-2-1-3-6-10/h1-3,5-6,11-12H,4,7-9,14H2. The van der Waals surface area contributed by atoms with Gasteiger partial charge in [0.2, 0.25) is 0 Å². The Bertz CT molecular complexity index is 350. The number of ether oxygens (including phenoxy) is 1. The van der Waals surface area contributed by atoms with E-state index in [-0.39, 0.29) is 18.1 Å². The highest BCUT2D eigenvalue weighted by Gasteiger charge is 2.22. The third-order valence-corrected chi connectivity index (χ3v) is 2.95. The van der Waals surface area contributed by atoms with Crippen LogP contribution in [0.2, 0.25) is 0 Å². The normalized spacial score (nSPS) is 25.1. The van der Waals surface area contributed by atoms with Crippen LogP contribution in [0.15, 0.2) is 30.3 Å². The summed E-state index contributed by atoms with van der Waals surface area (Å²) < 4.78 is 5.43. The molecule has 1 saturated carbocycles. The largest absolute Gasteiger partial charge is 0.459 e. The maximum atomic E-state index is 11.8. The molecule has 3 nitrogen and oxygen atoms in total. The first kappa shape index (κ1) is 11.1. The molecule has 0 spiro atoms. The number of benzene rings is 1. The lowest BCUT2D eigenvalue weighted by atomic mass is 9.93. The molecule has 2 atom stereocenters. The molecule has 0 aromatic heterocycles. The van der Waals surface area contributed by atoms with E-state index < -0.39 is 0 Å². The van der Waals surface area contributed by atoms with Gasteiger partial charge in [0.15, 0.2) is 0 Å². The van der Waals surface area contributed by atoms with Gasteiger partial charge in [-0.15, -0.1) is 0 Å². The van der Waals surface area contributed by atoms with Crippen molar-refractivity contribution in [2.75, 3.05) is 0 Å². The minimum absolute atomic E-state index is 0.00328. The third-order valence-electron chi connectivity index (χ3n) is 2.95. The smallest absolute Gasteiger partial charge is 0.338 e. The number of carbonyl (C=O) groups excluding carboxylic acids is 1. The maximum absolute atomic E-state index is 11.8. The van der Waals surface area contributed by atoms with Crippen molar-refractivity contribution < 1.29 is 9.53 Å². The average Bonchev–Trinajstić information content (AvgIpc) is 2.30. The Hall–Kier alpha value is -1.35. The van der Waals surface area contributed by atoms with E-state index in [1.807, 2.05) is 18.2 Å². The van der Waals surface area contributed by atoms with Crippen LogP contribution in [0.3, 0.4) is 0 Å². The van der Waals surface area contributed by atoms with Gasteiger partial charge in [-0.1, -0.05) is 18.2 Å². The first-order chi connectivity index (χ1) is 7.75. The highest BCUT2D eigenvalue weighted by molar-refractivity contribution is 5.89. The van der Waals surface area contributed by atoms with E-state index >= 15 is 0 Å².